The van der Waals surface area contributed by atoms with Gasteiger partial charge in [0.15, 0.2) is 0 Å². The molecule has 0 N–H and O–H groups in total. The van der Waals surface area contributed by atoms with Crippen molar-refractivity contribution in [2.24, 2.45) is 0 Å². The first-order valence-electron chi connectivity index (χ1n) is 5.80. The largest absolute Gasteiger partial charge is 0.468 e. The van der Waals surface area contributed by atoms with E-state index in [1.807, 2.05) is 55.9 Å². The number of methoxy groups -OCH3 is 1. The van der Waals surface area contributed by atoms with E-state index in [9.17, 15) is 9.59 Å². The van der Waals surface area contributed by atoms with Crippen molar-refractivity contribution in [2.75, 3.05) is 7.11 Å². The SMILES string of the molecule is COC(=O)C(C(=C=O)[Si](C)(C)C)c1ccccc1. The molecular formula is C14H18O3Si. The molecule has 1 unspecified atom stereocenters. The van der Waals surface area contributed by atoms with Crippen molar-refractivity contribution < 1.29 is 14.3 Å². The van der Waals surface area contributed by atoms with E-state index in [0.717, 1.165) is 5.56 Å². The molecule has 1 aromatic rings. The fourth-order valence-corrected chi connectivity index (χ4v) is 3.29. The van der Waals surface area contributed by atoms with Gasteiger partial charge in [0, 0.05) is 5.20 Å². The summed E-state index contributed by atoms with van der Waals surface area (Å²) >= 11 is 0. The van der Waals surface area contributed by atoms with E-state index in [0.29, 0.717) is 5.20 Å². The van der Waals surface area contributed by atoms with E-state index in [4.69, 9.17) is 4.74 Å². The van der Waals surface area contributed by atoms with E-state index < -0.39 is 20.0 Å². The van der Waals surface area contributed by atoms with E-state index in [1.165, 1.54) is 7.11 Å². The quantitative estimate of drug-likeness (QED) is 0.476. The average molecular weight is 262 g/mol. The van der Waals surface area contributed by atoms with Crippen LogP contribution >= 0.6 is 0 Å². The Balaban J connectivity index is 3.32. The number of ether oxygens (including phenoxy) is 1. The van der Waals surface area contributed by atoms with Gasteiger partial charge in [-0.3, -0.25) is 4.79 Å². The Morgan fingerprint density at radius 2 is 1.78 bits per heavy atom. The van der Waals surface area contributed by atoms with Gasteiger partial charge in [-0.1, -0.05) is 50.0 Å². The summed E-state index contributed by atoms with van der Waals surface area (Å²) in [6, 6.07) is 9.23. The molecule has 0 heterocycles. The lowest BCUT2D eigenvalue weighted by Crippen LogP contribution is -2.33. The zero-order valence-corrected chi connectivity index (χ0v) is 12.2. The molecule has 0 aliphatic carbocycles. The molecule has 3 nitrogen and oxygen atoms in total. The number of hydrogen-bond donors (Lipinski definition) is 0. The molecule has 0 saturated carbocycles. The first-order chi connectivity index (χ1) is 8.41. The Bertz CT molecular complexity index is 468. The molecule has 0 spiro atoms. The van der Waals surface area contributed by atoms with Crippen LogP contribution in [0.2, 0.25) is 19.6 Å². The third kappa shape index (κ3) is 3.19. The highest BCUT2D eigenvalue weighted by Gasteiger charge is 2.35. The van der Waals surface area contributed by atoms with Crippen LogP contribution in [0.25, 0.3) is 0 Å². The Kier molecular flexibility index (Phi) is 4.65. The van der Waals surface area contributed by atoms with Gasteiger partial charge in [-0.2, -0.15) is 0 Å². The van der Waals surface area contributed by atoms with Gasteiger partial charge >= 0.3 is 5.97 Å². The fraction of sp³-hybridized carbons (Fsp3) is 0.357. The molecule has 0 fully saturated rings. The van der Waals surface area contributed by atoms with Gasteiger partial charge in [0.05, 0.1) is 15.2 Å². The topological polar surface area (TPSA) is 43.4 Å². The van der Waals surface area contributed by atoms with Crippen molar-refractivity contribution in [3.8, 4) is 0 Å². The summed E-state index contributed by atoms with van der Waals surface area (Å²) in [5, 5.41) is 0.542. The minimum atomic E-state index is -1.92. The molecule has 96 valence electrons. The minimum absolute atomic E-state index is 0.401. The van der Waals surface area contributed by atoms with Gasteiger partial charge in [-0.05, 0) is 5.56 Å². The average Bonchev–Trinajstić information content (AvgIpc) is 2.34. The lowest BCUT2D eigenvalue weighted by atomic mass is 9.99. The van der Waals surface area contributed by atoms with Crippen molar-refractivity contribution in [1.29, 1.82) is 0 Å². The number of hydrogen-bond acceptors (Lipinski definition) is 3. The predicted molar refractivity (Wildman–Crippen MR) is 73.8 cm³/mol. The fourth-order valence-electron chi connectivity index (χ4n) is 1.83. The molecular weight excluding hydrogens is 244 g/mol. The van der Waals surface area contributed by atoms with Crippen LogP contribution in [0, 0.1) is 0 Å². The molecule has 1 atom stereocenters. The second-order valence-electron chi connectivity index (χ2n) is 5.13. The van der Waals surface area contributed by atoms with Crippen LogP contribution < -0.4 is 0 Å². The number of rotatable bonds is 4. The summed E-state index contributed by atoms with van der Waals surface area (Å²) in [6.07, 6.45) is 0. The van der Waals surface area contributed by atoms with E-state index in [2.05, 4.69) is 0 Å². The van der Waals surface area contributed by atoms with Gasteiger partial charge in [0.25, 0.3) is 0 Å². The minimum Gasteiger partial charge on any atom is -0.468 e. The van der Waals surface area contributed by atoms with E-state index in [1.54, 1.807) is 0 Å². The van der Waals surface area contributed by atoms with Gasteiger partial charge in [-0.25, -0.2) is 4.79 Å². The third-order valence-corrected chi connectivity index (χ3v) is 4.78. The van der Waals surface area contributed by atoms with Crippen molar-refractivity contribution in [3.05, 3.63) is 41.1 Å². The highest BCUT2D eigenvalue weighted by Crippen LogP contribution is 2.30. The molecule has 0 saturated heterocycles. The van der Waals surface area contributed by atoms with Crippen LogP contribution in [0.1, 0.15) is 11.5 Å². The Morgan fingerprint density at radius 1 is 1.22 bits per heavy atom. The molecule has 0 bridgehead atoms. The number of carbonyl (C=O) groups is 1. The second-order valence-corrected chi connectivity index (χ2v) is 10.2. The number of benzene rings is 1. The lowest BCUT2D eigenvalue weighted by molar-refractivity contribution is -0.141. The molecule has 0 aromatic heterocycles. The Hall–Kier alpha value is -1.64. The molecule has 1 rings (SSSR count). The predicted octanol–water partition coefficient (Wildman–Crippen LogP) is 2.58. The maximum Gasteiger partial charge on any atom is 0.317 e. The summed E-state index contributed by atoms with van der Waals surface area (Å²) in [4.78, 5) is 23.2. The number of esters is 1. The maximum atomic E-state index is 12.0. The zero-order chi connectivity index (χ0) is 13.8. The van der Waals surface area contributed by atoms with Crippen molar-refractivity contribution in [1.82, 2.24) is 0 Å². The maximum absolute atomic E-state index is 12.0. The first-order valence-corrected chi connectivity index (χ1v) is 9.30. The summed E-state index contributed by atoms with van der Waals surface area (Å²) in [5.41, 5.74) is 0.783. The molecule has 0 aliphatic rings. The molecule has 0 aliphatic heterocycles. The van der Waals surface area contributed by atoms with Gasteiger partial charge in [-0.15, -0.1) is 0 Å². The normalized spacial score (nSPS) is 12.4. The van der Waals surface area contributed by atoms with Crippen LogP contribution in [-0.4, -0.2) is 27.1 Å². The highest BCUT2D eigenvalue weighted by atomic mass is 28.3. The van der Waals surface area contributed by atoms with E-state index in [-0.39, 0.29) is 0 Å². The van der Waals surface area contributed by atoms with Crippen LogP contribution in [0.5, 0.6) is 0 Å². The molecule has 18 heavy (non-hydrogen) atoms. The van der Waals surface area contributed by atoms with Crippen molar-refractivity contribution in [3.63, 3.8) is 0 Å². The van der Waals surface area contributed by atoms with Gasteiger partial charge in [0.2, 0.25) is 0 Å². The second kappa shape index (κ2) is 5.80. The van der Waals surface area contributed by atoms with E-state index >= 15 is 0 Å². The van der Waals surface area contributed by atoms with Gasteiger partial charge in [0.1, 0.15) is 11.9 Å². The zero-order valence-electron chi connectivity index (χ0n) is 11.2. The number of carbonyl (C=O) groups excluding carboxylic acids is 2. The summed E-state index contributed by atoms with van der Waals surface area (Å²) in [7, 11) is -0.581. The lowest BCUT2D eigenvalue weighted by Gasteiger charge is -2.24. The summed E-state index contributed by atoms with van der Waals surface area (Å²) < 4.78 is 4.83. The van der Waals surface area contributed by atoms with Crippen molar-refractivity contribution >= 4 is 20.0 Å². The summed E-state index contributed by atoms with van der Waals surface area (Å²) in [5.74, 6) is 0.958. The third-order valence-electron chi connectivity index (χ3n) is 2.78. The van der Waals surface area contributed by atoms with Crippen LogP contribution in [0.15, 0.2) is 35.5 Å². The molecule has 0 radical (unpaired) electrons. The van der Waals surface area contributed by atoms with Crippen LogP contribution in [0.4, 0.5) is 0 Å². The molecule has 4 heteroatoms. The first kappa shape index (κ1) is 14.4. The standard InChI is InChI=1S/C14H18O3Si/c1-17-14(16)13(11-8-6-5-7-9-11)12(10-15)18(2,3)4/h5-9,13H,1-4H3. The van der Waals surface area contributed by atoms with Crippen LogP contribution in [-0.2, 0) is 14.3 Å². The highest BCUT2D eigenvalue weighted by molar-refractivity contribution is 6.84. The van der Waals surface area contributed by atoms with Crippen molar-refractivity contribution in [2.45, 2.75) is 25.6 Å². The van der Waals surface area contributed by atoms with Gasteiger partial charge < -0.3 is 4.74 Å². The Labute approximate surface area is 108 Å². The molecule has 0 amide bonds. The monoisotopic (exact) mass is 262 g/mol. The van der Waals surface area contributed by atoms with Crippen LogP contribution in [0.3, 0.4) is 0 Å². The smallest absolute Gasteiger partial charge is 0.317 e. The Morgan fingerprint density at radius 3 is 2.17 bits per heavy atom. The molecule has 1 aromatic carbocycles. The summed E-state index contributed by atoms with van der Waals surface area (Å²) in [6.45, 7) is 6.06.